The Kier molecular flexibility index (Phi) is 5.47. The largest absolute Gasteiger partial charge is 0.123 e. The summed E-state index contributed by atoms with van der Waals surface area (Å²) in [7, 11) is 0. The third kappa shape index (κ3) is 4.72. The van der Waals surface area contributed by atoms with Crippen LogP contribution in [0, 0.1) is 6.92 Å². The minimum atomic E-state index is 0.241. The van der Waals surface area contributed by atoms with Crippen LogP contribution in [0.2, 0.25) is 0 Å². The van der Waals surface area contributed by atoms with E-state index < -0.39 is 0 Å². The van der Waals surface area contributed by atoms with Crippen LogP contribution >= 0.6 is 11.6 Å². The molecule has 1 unspecified atom stereocenters. The molecule has 2 rings (SSSR count). The fourth-order valence-corrected chi connectivity index (χ4v) is 2.67. The van der Waals surface area contributed by atoms with Gasteiger partial charge in [-0.2, -0.15) is 0 Å². The summed E-state index contributed by atoms with van der Waals surface area (Å²) in [4.78, 5) is 0. The highest BCUT2D eigenvalue weighted by atomic mass is 35.5. The van der Waals surface area contributed by atoms with Crippen LogP contribution in [0.3, 0.4) is 0 Å². The summed E-state index contributed by atoms with van der Waals surface area (Å²) in [6, 6.07) is 19.1. The molecule has 0 nitrogen and oxygen atoms in total. The lowest BCUT2D eigenvalue weighted by Crippen LogP contribution is -2.05. The molecular weight excluding hydrogens is 252 g/mol. The molecule has 0 N–H and O–H groups in total. The van der Waals surface area contributed by atoms with E-state index in [-0.39, 0.29) is 5.38 Å². The van der Waals surface area contributed by atoms with Crippen molar-refractivity contribution in [1.82, 2.24) is 0 Å². The molecular formula is C18H21Cl. The first-order chi connectivity index (χ1) is 9.25. The topological polar surface area (TPSA) is 0 Å². The molecule has 0 radical (unpaired) electrons. The standard InChI is InChI=1S/C18H21Cl/c1-15-8-5-6-12-17(15)14-18(19)13-7-11-16-9-3-2-4-10-16/h2-6,8-10,12,18H,7,11,13-14H2,1H3. The van der Waals surface area contributed by atoms with Crippen molar-refractivity contribution in [3.05, 3.63) is 71.3 Å². The summed E-state index contributed by atoms with van der Waals surface area (Å²) < 4.78 is 0. The van der Waals surface area contributed by atoms with Crippen LogP contribution in [-0.4, -0.2) is 5.38 Å². The molecule has 2 aromatic carbocycles. The minimum absolute atomic E-state index is 0.241. The van der Waals surface area contributed by atoms with Gasteiger partial charge >= 0.3 is 0 Å². The Bertz CT molecular complexity index is 490. The molecule has 0 aromatic heterocycles. The van der Waals surface area contributed by atoms with Gasteiger partial charge in [-0.25, -0.2) is 0 Å². The number of hydrogen-bond donors (Lipinski definition) is 0. The molecule has 0 aliphatic carbocycles. The second-order valence-electron chi connectivity index (χ2n) is 5.11. The SMILES string of the molecule is Cc1ccccc1CC(Cl)CCCc1ccccc1. The normalized spacial score (nSPS) is 12.3. The maximum absolute atomic E-state index is 6.45. The van der Waals surface area contributed by atoms with Gasteiger partial charge in [0.05, 0.1) is 0 Å². The lowest BCUT2D eigenvalue weighted by Gasteiger charge is -2.11. The van der Waals surface area contributed by atoms with Gasteiger partial charge in [-0.05, 0) is 49.3 Å². The fraction of sp³-hybridized carbons (Fsp3) is 0.333. The zero-order chi connectivity index (χ0) is 13.5. The van der Waals surface area contributed by atoms with Gasteiger partial charge in [0.1, 0.15) is 0 Å². The molecule has 0 aliphatic heterocycles. The fourth-order valence-electron chi connectivity index (χ4n) is 2.35. The van der Waals surface area contributed by atoms with Crippen molar-refractivity contribution in [3.8, 4) is 0 Å². The maximum Gasteiger partial charge on any atom is 0.0376 e. The lowest BCUT2D eigenvalue weighted by molar-refractivity contribution is 0.685. The monoisotopic (exact) mass is 272 g/mol. The highest BCUT2D eigenvalue weighted by Gasteiger charge is 2.07. The van der Waals surface area contributed by atoms with Gasteiger partial charge in [-0.3, -0.25) is 0 Å². The molecule has 1 heteroatoms. The highest BCUT2D eigenvalue weighted by molar-refractivity contribution is 6.20. The Balaban J connectivity index is 1.76. The second kappa shape index (κ2) is 7.35. The van der Waals surface area contributed by atoms with E-state index in [1.54, 1.807) is 0 Å². The van der Waals surface area contributed by atoms with E-state index in [2.05, 4.69) is 61.5 Å². The van der Waals surface area contributed by atoms with Gasteiger partial charge in [0.2, 0.25) is 0 Å². The number of halogens is 1. The van der Waals surface area contributed by atoms with Crippen LogP contribution in [0.4, 0.5) is 0 Å². The van der Waals surface area contributed by atoms with E-state index >= 15 is 0 Å². The number of aryl methyl sites for hydroxylation is 2. The van der Waals surface area contributed by atoms with E-state index in [1.807, 2.05) is 0 Å². The van der Waals surface area contributed by atoms with Crippen LogP contribution in [-0.2, 0) is 12.8 Å². The van der Waals surface area contributed by atoms with Gasteiger partial charge in [-0.1, -0.05) is 54.6 Å². The summed E-state index contributed by atoms with van der Waals surface area (Å²) >= 11 is 6.45. The molecule has 1 atom stereocenters. The minimum Gasteiger partial charge on any atom is -0.123 e. The molecule has 0 saturated carbocycles. The first-order valence-corrected chi connectivity index (χ1v) is 7.42. The number of rotatable bonds is 6. The third-order valence-electron chi connectivity index (χ3n) is 3.53. The summed E-state index contributed by atoms with van der Waals surface area (Å²) in [6.45, 7) is 2.16. The van der Waals surface area contributed by atoms with Gasteiger partial charge in [0.25, 0.3) is 0 Å². The van der Waals surface area contributed by atoms with E-state index in [0.717, 1.165) is 25.7 Å². The van der Waals surface area contributed by atoms with Crippen molar-refractivity contribution in [3.63, 3.8) is 0 Å². The smallest absolute Gasteiger partial charge is 0.0376 e. The highest BCUT2D eigenvalue weighted by Crippen LogP contribution is 2.17. The second-order valence-corrected chi connectivity index (χ2v) is 5.72. The van der Waals surface area contributed by atoms with Crippen molar-refractivity contribution >= 4 is 11.6 Å². The molecule has 0 fully saturated rings. The first kappa shape index (κ1) is 14.1. The Labute approximate surface area is 121 Å². The zero-order valence-corrected chi connectivity index (χ0v) is 12.2. The molecule has 100 valence electrons. The molecule has 0 aliphatic rings. The molecule has 0 bridgehead atoms. The number of hydrogen-bond acceptors (Lipinski definition) is 0. The molecule has 0 spiro atoms. The first-order valence-electron chi connectivity index (χ1n) is 6.98. The van der Waals surface area contributed by atoms with Gasteiger partial charge in [0, 0.05) is 5.38 Å². The number of benzene rings is 2. The summed E-state index contributed by atoms with van der Waals surface area (Å²) in [5.41, 5.74) is 4.13. The Morgan fingerprint density at radius 2 is 1.63 bits per heavy atom. The summed E-state index contributed by atoms with van der Waals surface area (Å²) in [6.07, 6.45) is 4.33. The molecule has 2 aromatic rings. The van der Waals surface area contributed by atoms with Crippen LogP contribution < -0.4 is 0 Å². The molecule has 0 heterocycles. The van der Waals surface area contributed by atoms with Gasteiger partial charge in [-0.15, -0.1) is 11.6 Å². The third-order valence-corrected chi connectivity index (χ3v) is 3.90. The van der Waals surface area contributed by atoms with Crippen LogP contribution in [0.1, 0.15) is 29.5 Å². The van der Waals surface area contributed by atoms with E-state index in [1.165, 1.54) is 16.7 Å². The Morgan fingerprint density at radius 1 is 0.947 bits per heavy atom. The average Bonchev–Trinajstić information content (AvgIpc) is 2.43. The number of alkyl halides is 1. The van der Waals surface area contributed by atoms with Gasteiger partial charge < -0.3 is 0 Å². The quantitative estimate of drug-likeness (QED) is 0.637. The predicted molar refractivity (Wildman–Crippen MR) is 83.9 cm³/mol. The van der Waals surface area contributed by atoms with Crippen molar-refractivity contribution in [2.75, 3.05) is 0 Å². The molecule has 0 saturated heterocycles. The Hall–Kier alpha value is -1.27. The van der Waals surface area contributed by atoms with Crippen LogP contribution in [0.25, 0.3) is 0 Å². The molecule has 0 amide bonds. The predicted octanol–water partition coefficient (Wildman–Crippen LogP) is 5.17. The average molecular weight is 273 g/mol. The van der Waals surface area contributed by atoms with Crippen molar-refractivity contribution < 1.29 is 0 Å². The van der Waals surface area contributed by atoms with E-state index in [4.69, 9.17) is 11.6 Å². The van der Waals surface area contributed by atoms with E-state index in [9.17, 15) is 0 Å². The van der Waals surface area contributed by atoms with Crippen molar-refractivity contribution in [2.45, 2.75) is 38.0 Å². The molecule has 19 heavy (non-hydrogen) atoms. The van der Waals surface area contributed by atoms with E-state index in [0.29, 0.717) is 0 Å². The zero-order valence-electron chi connectivity index (χ0n) is 11.5. The van der Waals surface area contributed by atoms with Crippen molar-refractivity contribution in [1.29, 1.82) is 0 Å². The van der Waals surface area contributed by atoms with Gasteiger partial charge in [0.15, 0.2) is 0 Å². The summed E-state index contributed by atoms with van der Waals surface area (Å²) in [5.74, 6) is 0. The summed E-state index contributed by atoms with van der Waals surface area (Å²) in [5, 5.41) is 0.241. The Morgan fingerprint density at radius 3 is 2.37 bits per heavy atom. The van der Waals surface area contributed by atoms with Crippen LogP contribution in [0.5, 0.6) is 0 Å². The lowest BCUT2D eigenvalue weighted by atomic mass is 10.0. The van der Waals surface area contributed by atoms with Crippen molar-refractivity contribution in [2.24, 2.45) is 0 Å². The maximum atomic E-state index is 6.45. The van der Waals surface area contributed by atoms with Crippen LogP contribution in [0.15, 0.2) is 54.6 Å².